The number of carbonyl (C=O) groups excluding carboxylic acids is 1. The van der Waals surface area contributed by atoms with Gasteiger partial charge in [0, 0.05) is 11.8 Å². The molecule has 2 N–H and O–H groups in total. The van der Waals surface area contributed by atoms with Crippen molar-refractivity contribution in [1.29, 1.82) is 0 Å². The summed E-state index contributed by atoms with van der Waals surface area (Å²) in [5, 5.41) is 31.7. The third-order valence-corrected chi connectivity index (χ3v) is 3.04. The second-order valence-corrected chi connectivity index (χ2v) is 4.84. The molecule has 9 heteroatoms. The van der Waals surface area contributed by atoms with Crippen molar-refractivity contribution in [3.05, 3.63) is 35.2 Å². The van der Waals surface area contributed by atoms with Gasteiger partial charge in [0.05, 0.1) is 25.3 Å². The molecule has 2 aromatic heterocycles. The quantitative estimate of drug-likeness (QED) is 0.750. The summed E-state index contributed by atoms with van der Waals surface area (Å²) in [5.74, 6) is -0.173. The van der Waals surface area contributed by atoms with Gasteiger partial charge in [-0.25, -0.2) is 4.68 Å². The molecular formula is C13H15ClN4O4. The molecule has 0 aliphatic carbocycles. The first-order valence-corrected chi connectivity index (χ1v) is 6.95. The Kier molecular flexibility index (Phi) is 5.42. The molecule has 0 fully saturated rings. The molecule has 0 spiro atoms. The summed E-state index contributed by atoms with van der Waals surface area (Å²) >= 11 is 5.65. The molecule has 22 heavy (non-hydrogen) atoms. The van der Waals surface area contributed by atoms with Crippen LogP contribution >= 0.6 is 11.6 Å². The molecule has 2 aromatic rings. The van der Waals surface area contributed by atoms with E-state index in [1.807, 2.05) is 0 Å². The minimum Gasteiger partial charge on any atom is -0.466 e. The average molecular weight is 327 g/mol. The number of hydrogen-bond donors (Lipinski definition) is 2. The summed E-state index contributed by atoms with van der Waals surface area (Å²) in [6, 6.07) is 3.16. The summed E-state index contributed by atoms with van der Waals surface area (Å²) in [6.07, 6.45) is -0.000780. The van der Waals surface area contributed by atoms with E-state index in [2.05, 4.69) is 15.3 Å². The molecule has 0 amide bonds. The van der Waals surface area contributed by atoms with Crippen molar-refractivity contribution in [2.24, 2.45) is 0 Å². The van der Waals surface area contributed by atoms with E-state index in [1.165, 1.54) is 17.1 Å². The van der Waals surface area contributed by atoms with Crippen molar-refractivity contribution in [1.82, 2.24) is 20.0 Å². The summed E-state index contributed by atoms with van der Waals surface area (Å²) in [5.41, 5.74) is 0.341. The minimum atomic E-state index is -1.28. The first-order valence-electron chi connectivity index (χ1n) is 6.57. The summed E-state index contributed by atoms with van der Waals surface area (Å²) < 4.78 is 6.10. The third kappa shape index (κ3) is 4.00. The average Bonchev–Trinajstić information content (AvgIpc) is 2.97. The van der Waals surface area contributed by atoms with Crippen LogP contribution in [0.4, 0.5) is 0 Å². The number of halogens is 1. The lowest BCUT2D eigenvalue weighted by molar-refractivity contribution is -0.147. The number of aliphatic hydroxyl groups is 2. The van der Waals surface area contributed by atoms with Crippen LogP contribution < -0.4 is 0 Å². The molecule has 0 saturated carbocycles. The largest absolute Gasteiger partial charge is 0.466 e. The highest BCUT2D eigenvalue weighted by molar-refractivity contribution is 6.29. The van der Waals surface area contributed by atoms with Gasteiger partial charge in [-0.1, -0.05) is 11.6 Å². The molecule has 0 aliphatic rings. The number of rotatable bonds is 6. The SMILES string of the molecule is CCOC(=O)CC(O)C(O)c1cnn(-c2ccc(Cl)nn2)c1. The van der Waals surface area contributed by atoms with Gasteiger partial charge in [-0.3, -0.25) is 4.79 Å². The Hall–Kier alpha value is -2.03. The van der Waals surface area contributed by atoms with Crippen LogP contribution in [0.1, 0.15) is 25.0 Å². The van der Waals surface area contributed by atoms with Gasteiger partial charge in [0.2, 0.25) is 0 Å². The van der Waals surface area contributed by atoms with E-state index < -0.39 is 18.2 Å². The third-order valence-electron chi connectivity index (χ3n) is 2.84. The lowest BCUT2D eigenvalue weighted by Gasteiger charge is -2.15. The summed E-state index contributed by atoms with van der Waals surface area (Å²) in [6.45, 7) is 1.88. The molecular weight excluding hydrogens is 312 g/mol. The van der Waals surface area contributed by atoms with Crippen LogP contribution in [0.25, 0.3) is 5.82 Å². The highest BCUT2D eigenvalue weighted by Crippen LogP contribution is 2.20. The van der Waals surface area contributed by atoms with Crippen molar-refractivity contribution >= 4 is 17.6 Å². The predicted octanol–water partition coefficient (Wildman–Crippen LogP) is 0.663. The molecule has 0 bridgehead atoms. The van der Waals surface area contributed by atoms with Gasteiger partial charge in [0.25, 0.3) is 0 Å². The van der Waals surface area contributed by atoms with Crippen LogP contribution in [-0.4, -0.2) is 48.9 Å². The van der Waals surface area contributed by atoms with Crippen molar-refractivity contribution in [3.63, 3.8) is 0 Å². The normalized spacial score (nSPS) is 13.6. The Balaban J connectivity index is 2.06. The lowest BCUT2D eigenvalue weighted by atomic mass is 10.1. The number of aliphatic hydroxyl groups excluding tert-OH is 2. The zero-order valence-corrected chi connectivity index (χ0v) is 12.5. The van der Waals surface area contributed by atoms with Crippen molar-refractivity contribution in [2.45, 2.75) is 25.6 Å². The van der Waals surface area contributed by atoms with Crippen LogP contribution in [-0.2, 0) is 9.53 Å². The molecule has 2 unspecified atom stereocenters. The molecule has 0 aliphatic heterocycles. The second kappa shape index (κ2) is 7.30. The highest BCUT2D eigenvalue weighted by Gasteiger charge is 2.23. The van der Waals surface area contributed by atoms with E-state index >= 15 is 0 Å². The van der Waals surface area contributed by atoms with Crippen LogP contribution in [0.5, 0.6) is 0 Å². The van der Waals surface area contributed by atoms with Gasteiger partial charge < -0.3 is 14.9 Å². The molecule has 2 heterocycles. The molecule has 0 radical (unpaired) electrons. The maximum atomic E-state index is 11.3. The van der Waals surface area contributed by atoms with E-state index in [-0.39, 0.29) is 18.2 Å². The molecule has 2 rings (SSSR count). The van der Waals surface area contributed by atoms with Gasteiger partial charge in [-0.05, 0) is 19.1 Å². The Morgan fingerprint density at radius 1 is 1.41 bits per heavy atom. The number of nitrogens with zero attached hydrogens (tertiary/aromatic N) is 4. The first-order chi connectivity index (χ1) is 10.5. The zero-order chi connectivity index (χ0) is 16.1. The molecule has 8 nitrogen and oxygen atoms in total. The topological polar surface area (TPSA) is 110 Å². The minimum absolute atomic E-state index is 0.217. The zero-order valence-electron chi connectivity index (χ0n) is 11.8. The van der Waals surface area contributed by atoms with Gasteiger partial charge in [-0.2, -0.15) is 5.10 Å². The summed E-state index contributed by atoms with van der Waals surface area (Å²) in [7, 11) is 0. The maximum Gasteiger partial charge on any atom is 0.308 e. The van der Waals surface area contributed by atoms with Crippen LogP contribution in [0, 0.1) is 0 Å². The van der Waals surface area contributed by atoms with E-state index in [0.29, 0.717) is 11.4 Å². The smallest absolute Gasteiger partial charge is 0.308 e. The van der Waals surface area contributed by atoms with Crippen LogP contribution in [0.2, 0.25) is 5.15 Å². The van der Waals surface area contributed by atoms with Gasteiger partial charge in [0.15, 0.2) is 11.0 Å². The predicted molar refractivity (Wildman–Crippen MR) is 76.4 cm³/mol. The van der Waals surface area contributed by atoms with E-state index in [9.17, 15) is 15.0 Å². The fraction of sp³-hybridized carbons (Fsp3) is 0.385. The lowest BCUT2D eigenvalue weighted by Crippen LogP contribution is -2.22. The first kappa shape index (κ1) is 16.3. The summed E-state index contributed by atoms with van der Waals surface area (Å²) in [4.78, 5) is 11.3. The van der Waals surface area contributed by atoms with Crippen molar-refractivity contribution in [3.8, 4) is 5.82 Å². The van der Waals surface area contributed by atoms with Crippen LogP contribution in [0.3, 0.4) is 0 Å². The number of esters is 1. The van der Waals surface area contributed by atoms with Crippen LogP contribution in [0.15, 0.2) is 24.5 Å². The van der Waals surface area contributed by atoms with Crippen molar-refractivity contribution < 1.29 is 19.7 Å². The molecule has 2 atom stereocenters. The Morgan fingerprint density at radius 3 is 2.82 bits per heavy atom. The van der Waals surface area contributed by atoms with E-state index in [4.69, 9.17) is 16.3 Å². The van der Waals surface area contributed by atoms with E-state index in [0.717, 1.165) is 0 Å². The number of hydrogen-bond acceptors (Lipinski definition) is 7. The fourth-order valence-corrected chi connectivity index (χ4v) is 1.87. The van der Waals surface area contributed by atoms with Gasteiger partial charge in [-0.15, -0.1) is 10.2 Å². The Morgan fingerprint density at radius 2 is 2.18 bits per heavy atom. The fourth-order valence-electron chi connectivity index (χ4n) is 1.77. The van der Waals surface area contributed by atoms with Gasteiger partial charge in [0.1, 0.15) is 6.10 Å². The van der Waals surface area contributed by atoms with Crippen molar-refractivity contribution in [2.75, 3.05) is 6.61 Å². The standard InChI is InChI=1S/C13H15ClN4O4/c1-2-22-12(20)5-9(19)13(21)8-6-15-18(7-8)11-4-3-10(14)16-17-11/h3-4,6-7,9,13,19,21H,2,5H2,1H3. The number of aromatic nitrogens is 4. The van der Waals surface area contributed by atoms with Gasteiger partial charge >= 0.3 is 5.97 Å². The maximum absolute atomic E-state index is 11.3. The Bertz CT molecular complexity index is 631. The highest BCUT2D eigenvalue weighted by atomic mass is 35.5. The van der Waals surface area contributed by atoms with E-state index in [1.54, 1.807) is 19.1 Å². The molecule has 0 aromatic carbocycles. The second-order valence-electron chi connectivity index (χ2n) is 4.45. The molecule has 118 valence electrons. The monoisotopic (exact) mass is 326 g/mol. The Labute approximate surface area is 131 Å². The number of carbonyl (C=O) groups is 1. The molecule has 0 saturated heterocycles. The number of ether oxygens (including phenoxy) is 1.